The maximum absolute atomic E-state index is 11.7. The third kappa shape index (κ3) is 3.71. The molecule has 5 heteroatoms. The Bertz CT molecular complexity index is 453. The summed E-state index contributed by atoms with van der Waals surface area (Å²) in [6, 6.07) is 5.78. The van der Waals surface area contributed by atoms with Gasteiger partial charge in [0, 0.05) is 5.56 Å². The van der Waals surface area contributed by atoms with Crippen molar-refractivity contribution in [3.8, 4) is 5.75 Å². The second-order valence-corrected chi connectivity index (χ2v) is 4.05. The molecule has 96 valence electrons. The van der Waals surface area contributed by atoms with E-state index in [9.17, 15) is 14.7 Å². The largest absolute Gasteiger partial charge is 0.518 e. The summed E-state index contributed by atoms with van der Waals surface area (Å²) in [7, 11) is 0. The predicted octanol–water partition coefficient (Wildman–Crippen LogP) is 2.30. The molecular weight excluding hydrogens is 236 g/mol. The predicted molar refractivity (Wildman–Crippen MR) is 64.4 cm³/mol. The van der Waals surface area contributed by atoms with E-state index in [0.29, 0.717) is 5.56 Å². The Morgan fingerprint density at radius 1 is 1.28 bits per heavy atom. The molecule has 0 unspecified atom stereocenters. The van der Waals surface area contributed by atoms with E-state index in [2.05, 4.69) is 11.3 Å². The van der Waals surface area contributed by atoms with Gasteiger partial charge in [-0.05, 0) is 38.1 Å². The van der Waals surface area contributed by atoms with Crippen LogP contribution in [0.2, 0.25) is 0 Å². The van der Waals surface area contributed by atoms with Crippen LogP contribution in [0.5, 0.6) is 5.75 Å². The first-order valence-electron chi connectivity index (χ1n) is 5.21. The van der Waals surface area contributed by atoms with Gasteiger partial charge in [-0.15, -0.1) is 0 Å². The van der Waals surface area contributed by atoms with E-state index in [0.717, 1.165) is 6.26 Å². The van der Waals surface area contributed by atoms with Gasteiger partial charge >= 0.3 is 6.16 Å². The molecule has 0 aliphatic rings. The summed E-state index contributed by atoms with van der Waals surface area (Å²) in [5, 5.41) is 9.56. The molecular formula is C13H14O5. The highest BCUT2D eigenvalue weighted by atomic mass is 16.7. The molecule has 0 aliphatic carbocycles. The Morgan fingerprint density at radius 3 is 2.28 bits per heavy atom. The maximum Gasteiger partial charge on any atom is 0.518 e. The van der Waals surface area contributed by atoms with Crippen molar-refractivity contribution in [3.05, 3.63) is 42.7 Å². The highest BCUT2D eigenvalue weighted by molar-refractivity contribution is 6.01. The van der Waals surface area contributed by atoms with Crippen LogP contribution in [0.3, 0.4) is 0 Å². The zero-order valence-corrected chi connectivity index (χ0v) is 10.2. The lowest BCUT2D eigenvalue weighted by Crippen LogP contribution is -2.30. The Morgan fingerprint density at radius 2 is 1.83 bits per heavy atom. The molecule has 1 rings (SSSR count). The summed E-state index contributed by atoms with van der Waals surface area (Å²) in [5.41, 5.74) is -1.11. The molecule has 0 radical (unpaired) electrons. The van der Waals surface area contributed by atoms with Crippen LogP contribution in [0.25, 0.3) is 0 Å². The van der Waals surface area contributed by atoms with Crippen LogP contribution < -0.4 is 4.74 Å². The quantitative estimate of drug-likeness (QED) is 0.384. The average Bonchev–Trinajstić information content (AvgIpc) is 2.28. The average molecular weight is 250 g/mol. The second-order valence-electron chi connectivity index (χ2n) is 4.05. The highest BCUT2D eigenvalue weighted by Crippen LogP contribution is 2.17. The van der Waals surface area contributed by atoms with Crippen molar-refractivity contribution >= 4 is 11.9 Å². The van der Waals surface area contributed by atoms with Gasteiger partial charge in [-0.2, -0.15) is 0 Å². The minimum absolute atomic E-state index is 0.231. The molecule has 0 fully saturated rings. The molecule has 0 bridgehead atoms. The highest BCUT2D eigenvalue weighted by Gasteiger charge is 2.25. The van der Waals surface area contributed by atoms with Crippen LogP contribution in [-0.2, 0) is 4.74 Å². The lowest BCUT2D eigenvalue weighted by atomic mass is 9.97. The number of Topliss-reactive ketones (excluding diaryl/α,β-unsaturated/α-hetero) is 1. The Balaban J connectivity index is 2.77. The van der Waals surface area contributed by atoms with E-state index < -0.39 is 17.5 Å². The lowest BCUT2D eigenvalue weighted by Gasteiger charge is -2.15. The van der Waals surface area contributed by atoms with Crippen molar-refractivity contribution in [2.45, 2.75) is 19.4 Å². The van der Waals surface area contributed by atoms with Crippen LogP contribution in [0, 0.1) is 0 Å². The third-order valence-electron chi connectivity index (χ3n) is 2.05. The van der Waals surface area contributed by atoms with E-state index in [1.165, 1.54) is 38.1 Å². The van der Waals surface area contributed by atoms with Crippen LogP contribution in [0.4, 0.5) is 4.79 Å². The first-order chi connectivity index (χ1) is 8.34. The van der Waals surface area contributed by atoms with Gasteiger partial charge in [-0.1, -0.05) is 6.58 Å². The van der Waals surface area contributed by atoms with Crippen LogP contribution in [0.15, 0.2) is 37.1 Å². The van der Waals surface area contributed by atoms with Crippen molar-refractivity contribution in [1.82, 2.24) is 0 Å². The first kappa shape index (κ1) is 13.9. The van der Waals surface area contributed by atoms with E-state index in [1.807, 2.05) is 0 Å². The van der Waals surface area contributed by atoms with Gasteiger partial charge in [0.25, 0.3) is 0 Å². The number of carbonyl (C=O) groups excluding carboxylic acids is 2. The monoisotopic (exact) mass is 250 g/mol. The van der Waals surface area contributed by atoms with Crippen molar-refractivity contribution < 1.29 is 24.2 Å². The molecule has 1 aromatic rings. The van der Waals surface area contributed by atoms with E-state index in [-0.39, 0.29) is 5.75 Å². The van der Waals surface area contributed by atoms with Crippen molar-refractivity contribution in [1.29, 1.82) is 0 Å². The van der Waals surface area contributed by atoms with Gasteiger partial charge in [0.2, 0.25) is 0 Å². The topological polar surface area (TPSA) is 72.8 Å². The van der Waals surface area contributed by atoms with Gasteiger partial charge in [-0.25, -0.2) is 4.79 Å². The van der Waals surface area contributed by atoms with Gasteiger partial charge in [0.1, 0.15) is 11.4 Å². The number of benzene rings is 1. The lowest BCUT2D eigenvalue weighted by molar-refractivity contribution is 0.0488. The second kappa shape index (κ2) is 5.46. The Kier molecular flexibility index (Phi) is 4.23. The summed E-state index contributed by atoms with van der Waals surface area (Å²) < 4.78 is 9.14. The zero-order chi connectivity index (χ0) is 13.8. The molecule has 0 atom stereocenters. The van der Waals surface area contributed by atoms with Gasteiger partial charge < -0.3 is 14.6 Å². The number of aliphatic hydroxyl groups is 1. The third-order valence-corrected chi connectivity index (χ3v) is 2.05. The minimum Gasteiger partial charge on any atom is -0.403 e. The van der Waals surface area contributed by atoms with Gasteiger partial charge in [0.15, 0.2) is 5.78 Å². The van der Waals surface area contributed by atoms with Crippen molar-refractivity contribution in [3.63, 3.8) is 0 Å². The standard InChI is InChI=1S/C13H14O5/c1-4-17-12(15)18-10-7-5-9(6-8-10)11(14)13(2,3)16/h4-8,16H,1H2,2-3H3. The number of ether oxygens (including phenoxy) is 2. The Hall–Kier alpha value is -2.14. The fourth-order valence-electron chi connectivity index (χ4n) is 1.22. The number of hydrogen-bond acceptors (Lipinski definition) is 5. The molecule has 0 spiro atoms. The number of hydrogen-bond donors (Lipinski definition) is 1. The van der Waals surface area contributed by atoms with E-state index >= 15 is 0 Å². The van der Waals surface area contributed by atoms with Crippen molar-refractivity contribution in [2.24, 2.45) is 0 Å². The van der Waals surface area contributed by atoms with Crippen molar-refractivity contribution in [2.75, 3.05) is 0 Å². The summed E-state index contributed by atoms with van der Waals surface area (Å²) in [5.74, 6) is -0.183. The van der Waals surface area contributed by atoms with Gasteiger partial charge in [-0.3, -0.25) is 4.79 Å². The molecule has 0 aromatic heterocycles. The minimum atomic E-state index is -1.44. The molecule has 1 N–H and O–H groups in total. The van der Waals surface area contributed by atoms with Crippen LogP contribution in [-0.4, -0.2) is 22.6 Å². The SMILES string of the molecule is C=COC(=O)Oc1ccc(C(=O)C(C)(C)O)cc1. The number of carbonyl (C=O) groups is 2. The summed E-state index contributed by atoms with van der Waals surface area (Å²) in [6.07, 6.45) is 0.0423. The smallest absolute Gasteiger partial charge is 0.403 e. The van der Waals surface area contributed by atoms with Crippen LogP contribution in [0.1, 0.15) is 24.2 Å². The molecule has 0 amide bonds. The number of ketones is 1. The summed E-state index contributed by atoms with van der Waals surface area (Å²) in [4.78, 5) is 22.7. The van der Waals surface area contributed by atoms with Gasteiger partial charge in [0.05, 0.1) is 6.26 Å². The maximum atomic E-state index is 11.7. The normalized spacial score (nSPS) is 10.6. The molecule has 0 saturated carbocycles. The molecule has 5 nitrogen and oxygen atoms in total. The van der Waals surface area contributed by atoms with E-state index in [4.69, 9.17) is 4.74 Å². The molecule has 0 saturated heterocycles. The van der Waals surface area contributed by atoms with E-state index in [1.54, 1.807) is 0 Å². The fraction of sp³-hybridized carbons (Fsp3) is 0.231. The summed E-state index contributed by atoms with van der Waals surface area (Å²) >= 11 is 0. The molecule has 18 heavy (non-hydrogen) atoms. The zero-order valence-electron chi connectivity index (χ0n) is 10.2. The molecule has 0 aliphatic heterocycles. The fourth-order valence-corrected chi connectivity index (χ4v) is 1.22. The summed E-state index contributed by atoms with van der Waals surface area (Å²) in [6.45, 7) is 6.02. The first-order valence-corrected chi connectivity index (χ1v) is 5.21. The number of rotatable bonds is 4. The van der Waals surface area contributed by atoms with Crippen LogP contribution >= 0.6 is 0 Å². The molecule has 1 aromatic carbocycles. The Labute approximate surface area is 105 Å². The molecule has 0 heterocycles.